The third-order valence-electron chi connectivity index (χ3n) is 3.81. The Morgan fingerprint density at radius 2 is 2.00 bits per heavy atom. The van der Waals surface area contributed by atoms with E-state index in [0.29, 0.717) is 35.2 Å². The number of rotatable bonds is 7. The molecular weight excluding hydrogens is 356 g/mol. The number of aliphatic hydroxyl groups excluding tert-OH is 1. The van der Waals surface area contributed by atoms with Crippen LogP contribution in [0.5, 0.6) is 11.5 Å². The molecular formula is C19H23ClN2O4. The zero-order valence-corrected chi connectivity index (χ0v) is 15.5. The fraction of sp³-hybridized carbons (Fsp3) is 0.316. The van der Waals surface area contributed by atoms with Gasteiger partial charge in [-0.15, -0.1) is 0 Å². The van der Waals surface area contributed by atoms with E-state index in [0.717, 1.165) is 0 Å². The summed E-state index contributed by atoms with van der Waals surface area (Å²) in [7, 11) is 0. The molecule has 0 spiro atoms. The number of carbonyl (C=O) groups excluding carboxylic acids is 1. The van der Waals surface area contributed by atoms with Crippen LogP contribution in [0, 0.1) is 0 Å². The number of carbonyl (C=O) groups is 1. The highest BCUT2D eigenvalue weighted by molar-refractivity contribution is 6.32. The third kappa shape index (κ3) is 5.03. The van der Waals surface area contributed by atoms with Crippen LogP contribution in [-0.2, 0) is 0 Å². The molecule has 26 heavy (non-hydrogen) atoms. The lowest BCUT2D eigenvalue weighted by molar-refractivity contribution is 0.128. The summed E-state index contributed by atoms with van der Waals surface area (Å²) < 4.78 is 5.50. The number of likely N-dealkylation sites (N-methyl/N-ethyl adjacent to an activating group) is 1. The van der Waals surface area contributed by atoms with Gasteiger partial charge in [0, 0.05) is 6.54 Å². The molecule has 2 aromatic carbocycles. The number of urea groups is 1. The summed E-state index contributed by atoms with van der Waals surface area (Å²) in [4.78, 5) is 14.1. The van der Waals surface area contributed by atoms with Crippen molar-refractivity contribution in [1.82, 2.24) is 4.90 Å². The lowest BCUT2D eigenvalue weighted by Crippen LogP contribution is -2.37. The van der Waals surface area contributed by atoms with Crippen molar-refractivity contribution in [2.75, 3.05) is 25.0 Å². The van der Waals surface area contributed by atoms with E-state index in [1.165, 1.54) is 17.0 Å². The number of aliphatic hydroxyl groups is 1. The predicted molar refractivity (Wildman–Crippen MR) is 102 cm³/mol. The van der Waals surface area contributed by atoms with Crippen molar-refractivity contribution in [2.24, 2.45) is 0 Å². The summed E-state index contributed by atoms with van der Waals surface area (Å²) in [6.45, 7) is 4.54. The zero-order chi connectivity index (χ0) is 19.1. The monoisotopic (exact) mass is 378 g/mol. The highest BCUT2D eigenvalue weighted by atomic mass is 35.5. The van der Waals surface area contributed by atoms with Gasteiger partial charge >= 0.3 is 6.03 Å². The first-order chi connectivity index (χ1) is 12.5. The van der Waals surface area contributed by atoms with E-state index >= 15 is 0 Å². The lowest BCUT2D eigenvalue weighted by Gasteiger charge is -2.25. The maximum atomic E-state index is 12.6. The van der Waals surface area contributed by atoms with Crippen LogP contribution in [0.1, 0.15) is 25.5 Å². The van der Waals surface area contributed by atoms with Crippen molar-refractivity contribution in [1.29, 1.82) is 0 Å². The molecule has 0 bridgehead atoms. The van der Waals surface area contributed by atoms with E-state index in [1.54, 1.807) is 30.3 Å². The number of hydrogen-bond donors (Lipinski definition) is 3. The Balaban J connectivity index is 2.10. The molecule has 0 radical (unpaired) electrons. The number of hydrogen-bond acceptors (Lipinski definition) is 4. The van der Waals surface area contributed by atoms with Gasteiger partial charge < -0.3 is 25.2 Å². The average molecular weight is 379 g/mol. The fourth-order valence-corrected chi connectivity index (χ4v) is 2.72. The van der Waals surface area contributed by atoms with E-state index in [-0.39, 0.29) is 18.3 Å². The fourth-order valence-electron chi connectivity index (χ4n) is 2.49. The first kappa shape index (κ1) is 19.9. The molecule has 1 unspecified atom stereocenters. The molecule has 3 N–H and O–H groups in total. The van der Waals surface area contributed by atoms with Gasteiger partial charge in [-0.1, -0.05) is 29.8 Å². The lowest BCUT2D eigenvalue weighted by atomic mass is 10.1. The van der Waals surface area contributed by atoms with E-state index < -0.39 is 6.10 Å². The molecule has 7 heteroatoms. The Bertz CT molecular complexity index is 754. The molecule has 0 saturated carbocycles. The Kier molecular flexibility index (Phi) is 7.12. The van der Waals surface area contributed by atoms with Gasteiger partial charge in [-0.05, 0) is 43.7 Å². The molecule has 140 valence electrons. The molecule has 0 saturated heterocycles. The minimum Gasteiger partial charge on any atom is -0.508 e. The Morgan fingerprint density at radius 3 is 2.65 bits per heavy atom. The molecule has 0 aromatic heterocycles. The van der Waals surface area contributed by atoms with Crippen LogP contribution >= 0.6 is 11.6 Å². The van der Waals surface area contributed by atoms with Gasteiger partial charge in [0.2, 0.25) is 0 Å². The normalized spacial score (nSPS) is 11.7. The molecule has 2 aromatic rings. The molecule has 2 amide bonds. The van der Waals surface area contributed by atoms with Crippen LogP contribution in [0.4, 0.5) is 10.5 Å². The number of ether oxygens (including phenoxy) is 1. The molecule has 0 aliphatic rings. The van der Waals surface area contributed by atoms with E-state index in [4.69, 9.17) is 16.3 Å². The topological polar surface area (TPSA) is 82.0 Å². The number of phenols is 1. The van der Waals surface area contributed by atoms with Crippen molar-refractivity contribution in [3.05, 3.63) is 53.1 Å². The van der Waals surface area contributed by atoms with Crippen LogP contribution in [0.3, 0.4) is 0 Å². The van der Waals surface area contributed by atoms with Gasteiger partial charge in [-0.3, -0.25) is 0 Å². The number of aromatic hydroxyl groups is 1. The first-order valence-electron chi connectivity index (χ1n) is 8.40. The van der Waals surface area contributed by atoms with Crippen molar-refractivity contribution < 1.29 is 19.7 Å². The number of amides is 2. The maximum absolute atomic E-state index is 12.6. The molecule has 0 heterocycles. The summed E-state index contributed by atoms with van der Waals surface area (Å²) in [5, 5.41) is 23.1. The number of nitrogens with one attached hydrogen (secondary N) is 1. The Morgan fingerprint density at radius 1 is 1.27 bits per heavy atom. The van der Waals surface area contributed by atoms with Crippen molar-refractivity contribution in [3.8, 4) is 11.5 Å². The molecule has 6 nitrogen and oxygen atoms in total. The minimum atomic E-state index is -0.918. The third-order valence-corrected chi connectivity index (χ3v) is 4.11. The number of anilines is 1. The molecule has 0 fully saturated rings. The summed E-state index contributed by atoms with van der Waals surface area (Å²) >= 11 is 6.13. The predicted octanol–water partition coefficient (Wildman–Crippen LogP) is 4.03. The molecule has 2 rings (SSSR count). The van der Waals surface area contributed by atoms with Crippen LogP contribution in [0.15, 0.2) is 42.5 Å². The number of phenolic OH excluding ortho intramolecular Hbond substituents is 1. The highest BCUT2D eigenvalue weighted by Gasteiger charge is 2.19. The molecule has 0 aliphatic carbocycles. The SMILES string of the molecule is CCOc1c(Cl)cccc1NC(=O)N(CC)CC(O)c1cccc(O)c1. The van der Waals surface area contributed by atoms with Crippen LogP contribution in [0.2, 0.25) is 5.02 Å². The smallest absolute Gasteiger partial charge is 0.322 e. The van der Waals surface area contributed by atoms with E-state index in [2.05, 4.69) is 5.32 Å². The van der Waals surface area contributed by atoms with Gasteiger partial charge in [0.1, 0.15) is 5.75 Å². The van der Waals surface area contributed by atoms with Crippen LogP contribution in [0.25, 0.3) is 0 Å². The minimum absolute atomic E-state index is 0.0642. The second-order valence-corrected chi connectivity index (χ2v) is 6.04. The number of nitrogens with zero attached hydrogens (tertiary/aromatic N) is 1. The van der Waals surface area contributed by atoms with Gasteiger partial charge in [0.25, 0.3) is 0 Å². The standard InChI is InChI=1S/C19H23ClN2O4/c1-3-22(12-17(24)13-7-5-8-14(23)11-13)19(25)21-16-10-6-9-15(20)18(16)26-4-2/h5-11,17,23-24H,3-4,12H2,1-2H3,(H,21,25). The van der Waals surface area contributed by atoms with Crippen LogP contribution in [-0.4, -0.2) is 40.8 Å². The summed E-state index contributed by atoms with van der Waals surface area (Å²) in [5.41, 5.74) is 1.00. The van der Waals surface area contributed by atoms with Crippen molar-refractivity contribution in [3.63, 3.8) is 0 Å². The summed E-state index contributed by atoms with van der Waals surface area (Å²) in [6, 6.07) is 11.1. The maximum Gasteiger partial charge on any atom is 0.322 e. The van der Waals surface area contributed by atoms with Gasteiger partial charge in [-0.2, -0.15) is 0 Å². The van der Waals surface area contributed by atoms with E-state index in [9.17, 15) is 15.0 Å². The summed E-state index contributed by atoms with van der Waals surface area (Å²) in [5.74, 6) is 0.476. The number of halogens is 1. The highest BCUT2D eigenvalue weighted by Crippen LogP contribution is 2.33. The van der Waals surface area contributed by atoms with E-state index in [1.807, 2.05) is 13.8 Å². The van der Waals surface area contributed by atoms with Gasteiger partial charge in [-0.25, -0.2) is 4.79 Å². The molecule has 1 atom stereocenters. The molecule has 0 aliphatic heterocycles. The Hall–Kier alpha value is -2.44. The number of para-hydroxylation sites is 1. The summed E-state index contributed by atoms with van der Waals surface area (Å²) in [6.07, 6.45) is -0.918. The van der Waals surface area contributed by atoms with Crippen molar-refractivity contribution in [2.45, 2.75) is 20.0 Å². The van der Waals surface area contributed by atoms with Gasteiger partial charge in [0.05, 0.1) is 30.0 Å². The second-order valence-electron chi connectivity index (χ2n) is 5.63. The van der Waals surface area contributed by atoms with Crippen LogP contribution < -0.4 is 10.1 Å². The largest absolute Gasteiger partial charge is 0.508 e. The second kappa shape index (κ2) is 9.31. The average Bonchev–Trinajstić information content (AvgIpc) is 2.62. The Labute approximate surface area is 158 Å². The first-order valence-corrected chi connectivity index (χ1v) is 8.78. The van der Waals surface area contributed by atoms with Crippen molar-refractivity contribution >= 4 is 23.3 Å². The quantitative estimate of drug-likeness (QED) is 0.679. The zero-order valence-electron chi connectivity index (χ0n) is 14.8. The number of benzene rings is 2. The van der Waals surface area contributed by atoms with Gasteiger partial charge in [0.15, 0.2) is 5.75 Å².